The topological polar surface area (TPSA) is 64.3 Å². The van der Waals surface area contributed by atoms with Crippen LogP contribution < -0.4 is 15.8 Å². The highest BCUT2D eigenvalue weighted by atomic mass is 16.5. The Morgan fingerprint density at radius 2 is 1.90 bits per heavy atom. The lowest BCUT2D eigenvalue weighted by Crippen LogP contribution is -2.13. The van der Waals surface area contributed by atoms with Gasteiger partial charge in [-0.25, -0.2) is 0 Å². The number of hydrogen-bond donors (Lipinski definition) is 2. The number of ether oxygens (including phenoxy) is 1. The van der Waals surface area contributed by atoms with Crippen LogP contribution >= 0.6 is 0 Å². The number of hydrogen-bond acceptors (Lipinski definition) is 3. The van der Waals surface area contributed by atoms with Crippen molar-refractivity contribution in [2.24, 2.45) is 11.1 Å². The number of rotatable bonds is 7. The van der Waals surface area contributed by atoms with Crippen LogP contribution in [0.15, 0.2) is 24.3 Å². The molecule has 0 aromatic heterocycles. The third-order valence-corrected chi connectivity index (χ3v) is 2.86. The number of anilines is 1. The van der Waals surface area contributed by atoms with Gasteiger partial charge in [0.25, 0.3) is 0 Å². The first kappa shape index (κ1) is 16.5. The molecule has 112 valence electrons. The Kier molecular flexibility index (Phi) is 6.52. The number of carbonyl (C=O) groups excluding carboxylic acids is 1. The van der Waals surface area contributed by atoms with Crippen molar-refractivity contribution in [3.63, 3.8) is 0 Å². The van der Waals surface area contributed by atoms with Crippen molar-refractivity contribution < 1.29 is 9.53 Å². The van der Waals surface area contributed by atoms with E-state index in [0.717, 1.165) is 24.3 Å². The average molecular weight is 278 g/mol. The molecule has 0 atom stereocenters. The van der Waals surface area contributed by atoms with Gasteiger partial charge in [0.1, 0.15) is 12.4 Å². The molecule has 1 amide bonds. The van der Waals surface area contributed by atoms with Crippen molar-refractivity contribution in [2.75, 3.05) is 18.5 Å². The summed E-state index contributed by atoms with van der Waals surface area (Å²) in [6.07, 6.45) is 2.52. The van der Waals surface area contributed by atoms with E-state index in [2.05, 4.69) is 26.1 Å². The molecule has 4 heteroatoms. The average Bonchev–Trinajstić information content (AvgIpc) is 2.36. The number of carbonyl (C=O) groups is 1. The molecule has 0 fully saturated rings. The maximum Gasteiger partial charge on any atom is 0.224 e. The monoisotopic (exact) mass is 278 g/mol. The van der Waals surface area contributed by atoms with E-state index in [1.165, 1.54) is 0 Å². The molecule has 4 nitrogen and oxygen atoms in total. The summed E-state index contributed by atoms with van der Waals surface area (Å²) in [4.78, 5) is 11.8. The fourth-order valence-corrected chi connectivity index (χ4v) is 1.81. The maximum atomic E-state index is 11.8. The maximum absolute atomic E-state index is 11.8. The van der Waals surface area contributed by atoms with Crippen molar-refractivity contribution in [1.82, 2.24) is 0 Å². The van der Waals surface area contributed by atoms with Crippen molar-refractivity contribution >= 4 is 11.6 Å². The van der Waals surface area contributed by atoms with Crippen LogP contribution in [0.5, 0.6) is 5.75 Å². The van der Waals surface area contributed by atoms with Gasteiger partial charge in [0, 0.05) is 18.7 Å². The van der Waals surface area contributed by atoms with Crippen LogP contribution in [-0.2, 0) is 4.79 Å². The molecule has 0 bridgehead atoms. The number of amides is 1. The number of benzene rings is 1. The SMILES string of the molecule is CC(C)(C)CCCC(=O)Nc1ccc(OCCN)cc1. The standard InChI is InChI=1S/C16H26N2O2/c1-16(2,3)10-4-5-15(19)18-13-6-8-14(9-7-13)20-12-11-17/h6-9H,4-5,10-12,17H2,1-3H3,(H,18,19). The molecule has 0 heterocycles. The Hall–Kier alpha value is -1.55. The van der Waals surface area contributed by atoms with Crippen LogP contribution in [0.4, 0.5) is 5.69 Å². The van der Waals surface area contributed by atoms with Gasteiger partial charge < -0.3 is 15.8 Å². The van der Waals surface area contributed by atoms with Crippen LogP contribution in [0.3, 0.4) is 0 Å². The summed E-state index contributed by atoms with van der Waals surface area (Å²) in [5, 5.41) is 2.89. The van der Waals surface area contributed by atoms with Crippen LogP contribution in [-0.4, -0.2) is 19.1 Å². The Labute approximate surface area is 121 Å². The molecule has 0 aliphatic rings. The van der Waals surface area contributed by atoms with Crippen LogP contribution in [0.2, 0.25) is 0 Å². The van der Waals surface area contributed by atoms with E-state index in [1.54, 1.807) is 0 Å². The van der Waals surface area contributed by atoms with Crippen molar-refractivity contribution in [3.05, 3.63) is 24.3 Å². The minimum absolute atomic E-state index is 0.0601. The lowest BCUT2D eigenvalue weighted by molar-refractivity contribution is -0.116. The first-order valence-corrected chi connectivity index (χ1v) is 7.13. The Morgan fingerprint density at radius 3 is 2.45 bits per heavy atom. The predicted octanol–water partition coefficient (Wildman–Crippen LogP) is 3.18. The van der Waals surface area contributed by atoms with E-state index in [1.807, 2.05) is 24.3 Å². The number of nitrogens with two attached hydrogens (primary N) is 1. The summed E-state index contributed by atoms with van der Waals surface area (Å²) in [5.41, 5.74) is 6.44. The zero-order valence-electron chi connectivity index (χ0n) is 12.7. The van der Waals surface area contributed by atoms with Crippen molar-refractivity contribution in [2.45, 2.75) is 40.0 Å². The normalized spacial score (nSPS) is 11.2. The molecule has 1 aromatic carbocycles. The summed E-state index contributed by atoms with van der Waals surface area (Å²) in [6, 6.07) is 7.35. The second-order valence-electron chi connectivity index (χ2n) is 6.12. The minimum atomic E-state index is 0.0601. The van der Waals surface area contributed by atoms with Gasteiger partial charge in [-0.05, 0) is 42.5 Å². The highest BCUT2D eigenvalue weighted by Gasteiger charge is 2.11. The first-order chi connectivity index (χ1) is 9.40. The van der Waals surface area contributed by atoms with Gasteiger partial charge in [-0.15, -0.1) is 0 Å². The molecule has 1 aromatic rings. The fourth-order valence-electron chi connectivity index (χ4n) is 1.81. The van der Waals surface area contributed by atoms with E-state index in [4.69, 9.17) is 10.5 Å². The van der Waals surface area contributed by atoms with Crippen molar-refractivity contribution in [1.29, 1.82) is 0 Å². The Morgan fingerprint density at radius 1 is 1.25 bits per heavy atom. The quantitative estimate of drug-likeness (QED) is 0.805. The van der Waals surface area contributed by atoms with Crippen LogP contribution in [0.1, 0.15) is 40.0 Å². The number of nitrogens with one attached hydrogen (secondary N) is 1. The molecule has 0 radical (unpaired) electrons. The molecule has 0 saturated heterocycles. The van der Waals surface area contributed by atoms with Crippen LogP contribution in [0, 0.1) is 5.41 Å². The largest absolute Gasteiger partial charge is 0.492 e. The first-order valence-electron chi connectivity index (χ1n) is 7.13. The highest BCUT2D eigenvalue weighted by molar-refractivity contribution is 5.90. The molecular formula is C16H26N2O2. The summed E-state index contributed by atoms with van der Waals surface area (Å²) < 4.78 is 5.38. The molecule has 1 rings (SSSR count). The second kappa shape index (κ2) is 7.90. The van der Waals surface area contributed by atoms with Crippen LogP contribution in [0.25, 0.3) is 0 Å². The summed E-state index contributed by atoms with van der Waals surface area (Å²) >= 11 is 0. The van der Waals surface area contributed by atoms with Gasteiger partial charge in [-0.3, -0.25) is 4.79 Å². The lowest BCUT2D eigenvalue weighted by atomic mass is 9.90. The lowest BCUT2D eigenvalue weighted by Gasteiger charge is -2.17. The van der Waals surface area contributed by atoms with Gasteiger partial charge in [0.05, 0.1) is 0 Å². The van der Waals surface area contributed by atoms with E-state index in [9.17, 15) is 4.79 Å². The molecule has 0 spiro atoms. The highest BCUT2D eigenvalue weighted by Crippen LogP contribution is 2.22. The molecule has 0 aliphatic carbocycles. The molecule has 20 heavy (non-hydrogen) atoms. The van der Waals surface area contributed by atoms with Gasteiger partial charge >= 0.3 is 0 Å². The third kappa shape index (κ3) is 7.14. The van der Waals surface area contributed by atoms with E-state index in [0.29, 0.717) is 19.6 Å². The van der Waals surface area contributed by atoms with Crippen molar-refractivity contribution in [3.8, 4) is 5.75 Å². The molecular weight excluding hydrogens is 252 g/mol. The summed E-state index contributed by atoms with van der Waals surface area (Å²) in [5.74, 6) is 0.825. The van der Waals surface area contributed by atoms with Gasteiger partial charge in [0.15, 0.2) is 0 Å². The van der Waals surface area contributed by atoms with Gasteiger partial charge in [-0.1, -0.05) is 20.8 Å². The minimum Gasteiger partial charge on any atom is -0.492 e. The predicted molar refractivity (Wildman–Crippen MR) is 82.9 cm³/mol. The Bertz CT molecular complexity index is 407. The zero-order valence-corrected chi connectivity index (χ0v) is 12.7. The second-order valence-corrected chi connectivity index (χ2v) is 6.12. The molecule has 0 unspecified atom stereocenters. The zero-order chi connectivity index (χ0) is 15.0. The summed E-state index contributed by atoms with van der Waals surface area (Å²) in [6.45, 7) is 7.55. The smallest absolute Gasteiger partial charge is 0.224 e. The Balaban J connectivity index is 2.34. The fraction of sp³-hybridized carbons (Fsp3) is 0.562. The summed E-state index contributed by atoms with van der Waals surface area (Å²) in [7, 11) is 0. The molecule has 0 saturated carbocycles. The van der Waals surface area contributed by atoms with E-state index < -0.39 is 0 Å². The molecule has 0 aliphatic heterocycles. The van der Waals surface area contributed by atoms with Gasteiger partial charge in [0.2, 0.25) is 5.91 Å². The molecule has 3 N–H and O–H groups in total. The van der Waals surface area contributed by atoms with Gasteiger partial charge in [-0.2, -0.15) is 0 Å². The van der Waals surface area contributed by atoms with E-state index >= 15 is 0 Å². The van der Waals surface area contributed by atoms with E-state index in [-0.39, 0.29) is 11.3 Å². The third-order valence-electron chi connectivity index (χ3n) is 2.86.